The first kappa shape index (κ1) is 15.5. The van der Waals surface area contributed by atoms with Gasteiger partial charge in [0.15, 0.2) is 0 Å². The first-order valence-electron chi connectivity index (χ1n) is 5.95. The highest BCUT2D eigenvalue weighted by atomic mass is 16.5. The average molecular weight is 280 g/mol. The second kappa shape index (κ2) is 7.78. The number of carbonyl (C=O) groups is 3. The van der Waals surface area contributed by atoms with E-state index in [0.717, 1.165) is 5.56 Å². The minimum atomic E-state index is -1.15. The van der Waals surface area contributed by atoms with E-state index in [9.17, 15) is 14.4 Å². The Morgan fingerprint density at radius 3 is 2.50 bits per heavy atom. The molecule has 2 amide bonds. The van der Waals surface area contributed by atoms with E-state index in [1.807, 2.05) is 18.2 Å². The molecule has 0 spiro atoms. The van der Waals surface area contributed by atoms with Gasteiger partial charge in [0.1, 0.15) is 19.2 Å². The zero-order chi connectivity index (χ0) is 15.0. The topological polar surface area (TPSA) is 105 Å². The Morgan fingerprint density at radius 2 is 1.90 bits per heavy atom. The summed E-state index contributed by atoms with van der Waals surface area (Å²) >= 11 is 0. The van der Waals surface area contributed by atoms with Crippen molar-refractivity contribution in [2.75, 3.05) is 6.54 Å². The maximum absolute atomic E-state index is 11.3. The van der Waals surface area contributed by atoms with Crippen LogP contribution >= 0.6 is 0 Å². The summed E-state index contributed by atoms with van der Waals surface area (Å²) in [6.07, 6.45) is -0.744. The molecule has 20 heavy (non-hydrogen) atoms. The summed E-state index contributed by atoms with van der Waals surface area (Å²) in [6.45, 7) is 1.08. The Labute approximate surface area is 115 Å². The number of hydrogen-bond acceptors (Lipinski definition) is 4. The highest BCUT2D eigenvalue weighted by Gasteiger charge is 2.14. The molecule has 0 unspecified atom stereocenters. The Bertz CT molecular complexity index is 475. The number of nitrogens with one attached hydrogen (secondary N) is 2. The van der Waals surface area contributed by atoms with Crippen LogP contribution in [0.5, 0.6) is 0 Å². The van der Waals surface area contributed by atoms with Crippen molar-refractivity contribution in [1.82, 2.24) is 10.6 Å². The first-order valence-corrected chi connectivity index (χ1v) is 5.95. The van der Waals surface area contributed by atoms with Crippen molar-refractivity contribution in [3.8, 4) is 0 Å². The monoisotopic (exact) mass is 280 g/mol. The van der Waals surface area contributed by atoms with E-state index in [2.05, 4.69) is 10.6 Å². The zero-order valence-corrected chi connectivity index (χ0v) is 11.0. The molecule has 0 aliphatic carbocycles. The van der Waals surface area contributed by atoms with Crippen LogP contribution in [0.2, 0.25) is 0 Å². The number of alkyl carbamates (subject to hydrolysis) is 1. The number of carboxylic acid groups (broad SMARTS) is 1. The van der Waals surface area contributed by atoms with E-state index >= 15 is 0 Å². The van der Waals surface area contributed by atoms with Crippen LogP contribution in [0.1, 0.15) is 12.5 Å². The van der Waals surface area contributed by atoms with E-state index in [-0.39, 0.29) is 13.2 Å². The molecule has 0 fully saturated rings. The van der Waals surface area contributed by atoms with Crippen LogP contribution in [0.4, 0.5) is 4.79 Å². The van der Waals surface area contributed by atoms with Crippen molar-refractivity contribution in [1.29, 1.82) is 0 Å². The van der Waals surface area contributed by atoms with E-state index < -0.39 is 24.0 Å². The molecule has 0 aromatic heterocycles. The average Bonchev–Trinajstić information content (AvgIpc) is 2.43. The van der Waals surface area contributed by atoms with Gasteiger partial charge in [-0.05, 0) is 12.5 Å². The quantitative estimate of drug-likeness (QED) is 0.704. The molecule has 0 aliphatic rings. The Morgan fingerprint density at radius 1 is 1.25 bits per heavy atom. The maximum Gasteiger partial charge on any atom is 0.407 e. The predicted molar refractivity (Wildman–Crippen MR) is 69.9 cm³/mol. The summed E-state index contributed by atoms with van der Waals surface area (Å²) in [7, 11) is 0. The van der Waals surface area contributed by atoms with Gasteiger partial charge in [0.05, 0.1) is 0 Å². The summed E-state index contributed by atoms with van der Waals surface area (Å²) < 4.78 is 4.88. The Kier molecular flexibility index (Phi) is 6.02. The normalized spacial score (nSPS) is 11.2. The van der Waals surface area contributed by atoms with Crippen LogP contribution in [0.15, 0.2) is 30.3 Å². The molecule has 0 heterocycles. The third kappa shape index (κ3) is 5.85. The lowest BCUT2D eigenvalue weighted by Gasteiger charge is -2.10. The molecule has 7 heteroatoms. The van der Waals surface area contributed by atoms with Crippen molar-refractivity contribution in [3.05, 3.63) is 35.9 Å². The molecule has 7 nitrogen and oxygen atoms in total. The maximum atomic E-state index is 11.3. The van der Waals surface area contributed by atoms with E-state index in [1.165, 1.54) is 6.92 Å². The lowest BCUT2D eigenvalue weighted by atomic mass is 10.2. The van der Waals surface area contributed by atoms with Crippen LogP contribution in [0, 0.1) is 0 Å². The van der Waals surface area contributed by atoms with E-state index in [1.54, 1.807) is 12.1 Å². The summed E-state index contributed by atoms with van der Waals surface area (Å²) in [5, 5.41) is 13.0. The van der Waals surface area contributed by atoms with Crippen molar-refractivity contribution in [2.45, 2.75) is 19.6 Å². The van der Waals surface area contributed by atoms with Gasteiger partial charge in [-0.2, -0.15) is 0 Å². The summed E-state index contributed by atoms with van der Waals surface area (Å²) in [5.74, 6) is -1.75. The van der Waals surface area contributed by atoms with Crippen molar-refractivity contribution in [2.24, 2.45) is 0 Å². The summed E-state index contributed by atoms with van der Waals surface area (Å²) in [6, 6.07) is 8.07. The van der Waals surface area contributed by atoms with Crippen LogP contribution in [-0.4, -0.2) is 35.7 Å². The van der Waals surface area contributed by atoms with Gasteiger partial charge in [-0.1, -0.05) is 30.3 Å². The second-order valence-electron chi connectivity index (χ2n) is 4.04. The van der Waals surface area contributed by atoms with Gasteiger partial charge < -0.3 is 20.5 Å². The largest absolute Gasteiger partial charge is 0.480 e. The molecule has 1 aromatic rings. The number of ether oxygens (including phenoxy) is 1. The fourth-order valence-corrected chi connectivity index (χ4v) is 1.28. The van der Waals surface area contributed by atoms with Crippen molar-refractivity contribution >= 4 is 18.0 Å². The van der Waals surface area contributed by atoms with Gasteiger partial charge in [-0.3, -0.25) is 9.59 Å². The molecule has 0 aliphatic heterocycles. The molecule has 3 N–H and O–H groups in total. The third-order valence-electron chi connectivity index (χ3n) is 2.35. The van der Waals surface area contributed by atoms with Crippen LogP contribution in [0.25, 0.3) is 0 Å². The molecule has 108 valence electrons. The van der Waals surface area contributed by atoms with Crippen molar-refractivity contribution < 1.29 is 24.2 Å². The number of benzene rings is 1. The van der Waals surface area contributed by atoms with Crippen LogP contribution in [-0.2, 0) is 20.9 Å². The number of carboxylic acids is 1. The Balaban J connectivity index is 2.23. The molecule has 1 atom stereocenters. The Hall–Kier alpha value is -2.57. The van der Waals surface area contributed by atoms with Gasteiger partial charge in [0.2, 0.25) is 5.91 Å². The number of carbonyl (C=O) groups excluding carboxylic acids is 2. The highest BCUT2D eigenvalue weighted by Crippen LogP contribution is 2.00. The SMILES string of the molecule is C[C@@H](NC(=O)CNC(=O)OCc1ccccc1)C(=O)O. The molecule has 0 bridgehead atoms. The fraction of sp³-hybridized carbons (Fsp3) is 0.308. The van der Waals surface area contributed by atoms with Gasteiger partial charge in [-0.25, -0.2) is 4.79 Å². The van der Waals surface area contributed by atoms with E-state index in [4.69, 9.17) is 9.84 Å². The zero-order valence-electron chi connectivity index (χ0n) is 11.0. The lowest BCUT2D eigenvalue weighted by Crippen LogP contribution is -2.44. The van der Waals surface area contributed by atoms with Gasteiger partial charge in [0, 0.05) is 0 Å². The van der Waals surface area contributed by atoms with Crippen molar-refractivity contribution in [3.63, 3.8) is 0 Å². The van der Waals surface area contributed by atoms with Gasteiger partial charge in [-0.15, -0.1) is 0 Å². The van der Waals surface area contributed by atoms with Crippen LogP contribution in [0.3, 0.4) is 0 Å². The molecule has 0 radical (unpaired) electrons. The minimum Gasteiger partial charge on any atom is -0.480 e. The number of aliphatic carboxylic acids is 1. The second-order valence-corrected chi connectivity index (χ2v) is 4.04. The molecule has 1 rings (SSSR count). The smallest absolute Gasteiger partial charge is 0.407 e. The first-order chi connectivity index (χ1) is 9.49. The molecular formula is C13H16N2O5. The summed E-state index contributed by atoms with van der Waals surface area (Å²) in [4.78, 5) is 33.1. The van der Waals surface area contributed by atoms with Crippen LogP contribution < -0.4 is 10.6 Å². The standard InChI is InChI=1S/C13H16N2O5/c1-9(12(17)18)15-11(16)7-14-13(19)20-8-10-5-3-2-4-6-10/h2-6,9H,7-8H2,1H3,(H,14,19)(H,15,16)(H,17,18)/t9-/m1/s1. The van der Waals surface area contributed by atoms with E-state index in [0.29, 0.717) is 0 Å². The number of rotatable bonds is 6. The van der Waals surface area contributed by atoms with Gasteiger partial charge in [0.25, 0.3) is 0 Å². The fourth-order valence-electron chi connectivity index (χ4n) is 1.28. The molecule has 0 saturated heterocycles. The summed E-state index contributed by atoms with van der Waals surface area (Å²) in [5.41, 5.74) is 0.826. The number of amides is 2. The third-order valence-corrected chi connectivity index (χ3v) is 2.35. The predicted octanol–water partition coefficient (Wildman–Crippen LogP) is 0.502. The molecule has 1 aromatic carbocycles. The lowest BCUT2D eigenvalue weighted by molar-refractivity contribution is -0.141. The number of hydrogen-bond donors (Lipinski definition) is 3. The van der Waals surface area contributed by atoms with Gasteiger partial charge >= 0.3 is 12.1 Å². The minimum absolute atomic E-state index is 0.0970. The molecular weight excluding hydrogens is 264 g/mol. The molecule has 0 saturated carbocycles. The highest BCUT2D eigenvalue weighted by molar-refractivity contribution is 5.86.